The molecule has 5 fully saturated rings. The molecule has 0 unspecified atom stereocenters. The van der Waals surface area contributed by atoms with Gasteiger partial charge in [0.25, 0.3) is 0 Å². The molecule has 0 radical (unpaired) electrons. The number of hydrogen-bond donors (Lipinski definition) is 4. The molecular formula is C28H45N5O7. The minimum absolute atomic E-state index is 0.0642. The molecule has 40 heavy (non-hydrogen) atoms. The lowest BCUT2D eigenvalue weighted by Crippen LogP contribution is -2.64. The Balaban J connectivity index is 1.43. The number of nitrogens with one attached hydrogen (secondary N) is 2. The van der Waals surface area contributed by atoms with Gasteiger partial charge in [0.2, 0.25) is 23.6 Å². The average Bonchev–Trinajstić information content (AvgIpc) is 3.62. The summed E-state index contributed by atoms with van der Waals surface area (Å²) in [6.45, 7) is 7.03. The van der Waals surface area contributed by atoms with Crippen LogP contribution >= 0.6 is 0 Å². The molecule has 4 saturated heterocycles. The molecule has 0 aromatic rings. The van der Waals surface area contributed by atoms with Crippen LogP contribution in [-0.2, 0) is 23.9 Å². The first-order chi connectivity index (χ1) is 18.9. The van der Waals surface area contributed by atoms with Gasteiger partial charge in [-0.2, -0.15) is 0 Å². The van der Waals surface area contributed by atoms with E-state index in [1.807, 2.05) is 20.8 Å². The molecule has 0 aromatic carbocycles. The first kappa shape index (κ1) is 29.2. The van der Waals surface area contributed by atoms with E-state index < -0.39 is 42.4 Å². The molecule has 224 valence electrons. The van der Waals surface area contributed by atoms with Gasteiger partial charge in [0, 0.05) is 44.7 Å². The van der Waals surface area contributed by atoms with E-state index in [4.69, 9.17) is 4.74 Å². The molecule has 12 nitrogen and oxygen atoms in total. The molecule has 5 aliphatic rings. The van der Waals surface area contributed by atoms with Crippen molar-refractivity contribution in [3.8, 4) is 0 Å². The van der Waals surface area contributed by atoms with Crippen molar-refractivity contribution in [1.29, 1.82) is 0 Å². The second-order valence-electron chi connectivity index (χ2n) is 13.4. The maximum Gasteiger partial charge on any atom is 0.244 e. The molecule has 12 heteroatoms. The topological polar surface area (TPSA) is 152 Å². The van der Waals surface area contributed by atoms with Gasteiger partial charge in [0.05, 0.1) is 25.1 Å². The maximum atomic E-state index is 14.0. The second kappa shape index (κ2) is 11.5. The van der Waals surface area contributed by atoms with E-state index in [0.717, 1.165) is 25.7 Å². The van der Waals surface area contributed by atoms with Crippen LogP contribution in [0.25, 0.3) is 0 Å². The monoisotopic (exact) mass is 563 g/mol. The molecule has 4 aliphatic heterocycles. The molecule has 4 amide bonds. The summed E-state index contributed by atoms with van der Waals surface area (Å²) >= 11 is 0. The van der Waals surface area contributed by atoms with Crippen molar-refractivity contribution < 1.29 is 34.1 Å². The fourth-order valence-electron chi connectivity index (χ4n) is 7.07. The lowest BCUT2D eigenvalue weighted by atomic mass is 9.91. The smallest absolute Gasteiger partial charge is 0.244 e. The Kier molecular flexibility index (Phi) is 8.43. The highest BCUT2D eigenvalue weighted by molar-refractivity contribution is 5.90. The molecule has 4 heterocycles. The Bertz CT molecular complexity index is 996. The highest BCUT2D eigenvalue weighted by Crippen LogP contribution is 2.32. The van der Waals surface area contributed by atoms with Crippen LogP contribution in [0.15, 0.2) is 0 Å². The molecule has 0 aromatic heterocycles. The van der Waals surface area contributed by atoms with E-state index in [0.29, 0.717) is 19.5 Å². The van der Waals surface area contributed by atoms with Gasteiger partial charge in [-0.3, -0.25) is 24.1 Å². The quantitative estimate of drug-likeness (QED) is 0.333. The number of aliphatic hydroxyl groups is 2. The number of amides is 4. The summed E-state index contributed by atoms with van der Waals surface area (Å²) < 4.78 is 5.82. The van der Waals surface area contributed by atoms with Crippen LogP contribution in [0, 0.1) is 5.41 Å². The van der Waals surface area contributed by atoms with Crippen LogP contribution in [0.3, 0.4) is 0 Å². The highest BCUT2D eigenvalue weighted by atomic mass is 16.5. The third kappa shape index (κ3) is 6.14. The van der Waals surface area contributed by atoms with Gasteiger partial charge >= 0.3 is 0 Å². The van der Waals surface area contributed by atoms with Crippen LogP contribution < -0.4 is 10.6 Å². The molecule has 1 saturated carbocycles. The number of carbonyl (C=O) groups excluding carboxylic acids is 4. The van der Waals surface area contributed by atoms with Crippen LogP contribution in [0.4, 0.5) is 0 Å². The van der Waals surface area contributed by atoms with Gasteiger partial charge in [-0.25, -0.2) is 0 Å². The molecule has 7 atom stereocenters. The van der Waals surface area contributed by atoms with Crippen molar-refractivity contribution >= 4 is 23.6 Å². The van der Waals surface area contributed by atoms with Crippen molar-refractivity contribution in [2.45, 2.75) is 114 Å². The zero-order valence-electron chi connectivity index (χ0n) is 23.9. The van der Waals surface area contributed by atoms with E-state index in [1.54, 1.807) is 9.80 Å². The molecule has 0 spiro atoms. The summed E-state index contributed by atoms with van der Waals surface area (Å²) in [5, 5.41) is 27.0. The Labute approximate surface area is 235 Å². The minimum atomic E-state index is -1.27. The van der Waals surface area contributed by atoms with Crippen LogP contribution in [0.2, 0.25) is 0 Å². The third-order valence-electron chi connectivity index (χ3n) is 9.11. The predicted octanol–water partition coefficient (Wildman–Crippen LogP) is -1.03. The number of nitrogens with zero attached hydrogens (tertiary/aromatic N) is 3. The van der Waals surface area contributed by atoms with Gasteiger partial charge in [-0.05, 0) is 24.7 Å². The number of fused-ring (bicyclic) bond motifs is 6. The van der Waals surface area contributed by atoms with Crippen molar-refractivity contribution in [1.82, 2.24) is 25.3 Å². The fraction of sp³-hybridized carbons (Fsp3) is 0.857. The Morgan fingerprint density at radius 1 is 1.00 bits per heavy atom. The molecule has 6 bridgehead atoms. The number of piperazine rings is 1. The summed E-state index contributed by atoms with van der Waals surface area (Å²) in [6.07, 6.45) is 0.457. The lowest BCUT2D eigenvalue weighted by molar-refractivity contribution is -0.151. The maximum absolute atomic E-state index is 14.0. The largest absolute Gasteiger partial charge is 0.388 e. The zero-order chi connectivity index (χ0) is 28.8. The number of hydrogen-bond acceptors (Lipinski definition) is 8. The first-order valence-electron chi connectivity index (χ1n) is 14.8. The third-order valence-corrected chi connectivity index (χ3v) is 9.11. The average molecular weight is 564 g/mol. The molecule has 1 aliphatic carbocycles. The van der Waals surface area contributed by atoms with Gasteiger partial charge in [0.1, 0.15) is 24.4 Å². The first-order valence-corrected chi connectivity index (χ1v) is 14.8. The number of likely N-dealkylation sites (tertiary alicyclic amines) is 1. The number of ether oxygens (including phenoxy) is 1. The van der Waals surface area contributed by atoms with E-state index in [1.165, 1.54) is 0 Å². The van der Waals surface area contributed by atoms with Crippen LogP contribution in [0.1, 0.15) is 65.7 Å². The second-order valence-corrected chi connectivity index (χ2v) is 13.4. The normalized spacial score (nSPS) is 36.6. The van der Waals surface area contributed by atoms with Gasteiger partial charge < -0.3 is 35.4 Å². The summed E-state index contributed by atoms with van der Waals surface area (Å²) in [6, 6.07) is -1.26. The molecule has 4 N–H and O–H groups in total. The van der Waals surface area contributed by atoms with Crippen molar-refractivity contribution in [2.75, 3.05) is 32.7 Å². The van der Waals surface area contributed by atoms with Crippen molar-refractivity contribution in [3.05, 3.63) is 0 Å². The zero-order valence-corrected chi connectivity index (χ0v) is 23.9. The van der Waals surface area contributed by atoms with Crippen molar-refractivity contribution in [3.63, 3.8) is 0 Å². The Hall–Kier alpha value is -2.28. The standard InChI is InChI=1S/C28H45N5O7/c1-28(2,3)12-23(35)32-9-8-31-15-19(32)26(38)29-13-21-25(37)24(36)20(40-21)11-22(34)30-16-10-18(27(31)39)33(14-16)17-6-4-5-7-17/h16-21,24-25,36-37H,4-15H2,1-3H3,(H,29,38)(H,30,34)/t16-,18-,19-,20-,21+,24-,25+/m0/s1. The molecular weight excluding hydrogens is 518 g/mol. The van der Waals surface area contributed by atoms with E-state index in [9.17, 15) is 29.4 Å². The SMILES string of the molecule is CC(C)(C)CC(=O)N1CCN2C[C@H]1C(=O)NC[C@H]1O[C@@H](CC(=O)N[C@H]3C[C@@H](C2=O)N(C2CCCC2)C3)[C@H](O)[C@@H]1O. The summed E-state index contributed by atoms with van der Waals surface area (Å²) in [5.74, 6) is -0.942. The molecule has 5 rings (SSSR count). The Morgan fingerprint density at radius 2 is 1.70 bits per heavy atom. The lowest BCUT2D eigenvalue weighted by Gasteiger charge is -2.43. The van der Waals surface area contributed by atoms with E-state index in [-0.39, 0.29) is 67.7 Å². The number of aliphatic hydroxyl groups excluding tert-OH is 2. The van der Waals surface area contributed by atoms with E-state index in [2.05, 4.69) is 15.5 Å². The summed E-state index contributed by atoms with van der Waals surface area (Å²) in [4.78, 5) is 59.3. The Morgan fingerprint density at radius 3 is 2.40 bits per heavy atom. The highest BCUT2D eigenvalue weighted by Gasteiger charge is 2.48. The van der Waals surface area contributed by atoms with Gasteiger partial charge in [-0.1, -0.05) is 33.6 Å². The van der Waals surface area contributed by atoms with Gasteiger partial charge in [-0.15, -0.1) is 0 Å². The predicted molar refractivity (Wildman–Crippen MR) is 144 cm³/mol. The summed E-state index contributed by atoms with van der Waals surface area (Å²) in [5.41, 5.74) is -0.267. The fourth-order valence-corrected chi connectivity index (χ4v) is 7.07. The van der Waals surface area contributed by atoms with Gasteiger partial charge in [0.15, 0.2) is 0 Å². The van der Waals surface area contributed by atoms with Crippen molar-refractivity contribution in [2.24, 2.45) is 5.41 Å². The summed E-state index contributed by atoms with van der Waals surface area (Å²) in [7, 11) is 0. The number of rotatable bonds is 2. The van der Waals surface area contributed by atoms with Crippen LogP contribution in [-0.4, -0.2) is 130 Å². The number of carbonyl (C=O) groups is 4. The van der Waals surface area contributed by atoms with Crippen LogP contribution in [0.5, 0.6) is 0 Å². The van der Waals surface area contributed by atoms with E-state index >= 15 is 0 Å². The minimum Gasteiger partial charge on any atom is -0.388 e.